The molecular formula is C18H21F4NO4. The van der Waals surface area contributed by atoms with Crippen molar-refractivity contribution in [2.75, 3.05) is 5.32 Å². The van der Waals surface area contributed by atoms with E-state index in [9.17, 15) is 32.3 Å². The fourth-order valence-electron chi connectivity index (χ4n) is 3.24. The molecule has 0 heterocycles. The van der Waals surface area contributed by atoms with Crippen molar-refractivity contribution in [3.8, 4) is 0 Å². The molecule has 1 amide bonds. The molecule has 0 radical (unpaired) electrons. The van der Waals surface area contributed by atoms with Gasteiger partial charge in [-0.05, 0) is 51.3 Å². The lowest BCUT2D eigenvalue weighted by molar-refractivity contribution is -0.150. The summed E-state index contributed by atoms with van der Waals surface area (Å²) in [5, 5.41) is 11.6. The van der Waals surface area contributed by atoms with Crippen LogP contribution in [-0.2, 0) is 20.5 Å². The zero-order chi connectivity index (χ0) is 20.4. The second-order valence-electron chi connectivity index (χ2n) is 6.85. The zero-order valence-corrected chi connectivity index (χ0v) is 14.8. The molecule has 2 N–H and O–H groups in total. The smallest absolute Gasteiger partial charge is 0.416 e. The van der Waals surface area contributed by atoms with Gasteiger partial charge in [0.25, 0.3) is 0 Å². The fraction of sp³-hybridized carbons (Fsp3) is 0.556. The minimum atomic E-state index is -4.71. The summed E-state index contributed by atoms with van der Waals surface area (Å²) >= 11 is 0. The second-order valence-corrected chi connectivity index (χ2v) is 6.85. The molecule has 0 aliphatic heterocycles. The molecule has 3 atom stereocenters. The quantitative estimate of drug-likeness (QED) is 0.742. The van der Waals surface area contributed by atoms with Crippen molar-refractivity contribution >= 4 is 17.6 Å². The van der Waals surface area contributed by atoms with Gasteiger partial charge in [0.15, 0.2) is 0 Å². The molecule has 9 heteroatoms. The van der Waals surface area contributed by atoms with Crippen molar-refractivity contribution in [3.05, 3.63) is 29.6 Å². The topological polar surface area (TPSA) is 75.6 Å². The molecule has 0 bridgehead atoms. The van der Waals surface area contributed by atoms with E-state index in [-0.39, 0.29) is 31.1 Å². The van der Waals surface area contributed by atoms with E-state index in [0.29, 0.717) is 12.5 Å². The number of carbonyl (C=O) groups excluding carboxylic acids is 1. The van der Waals surface area contributed by atoms with Crippen LogP contribution in [0, 0.1) is 17.7 Å². The van der Waals surface area contributed by atoms with E-state index in [4.69, 9.17) is 4.74 Å². The Balaban J connectivity index is 2.17. The third kappa shape index (κ3) is 5.41. The van der Waals surface area contributed by atoms with E-state index >= 15 is 0 Å². The Bertz CT molecular complexity index is 705. The number of carboxylic acid groups (broad SMARTS) is 1. The van der Waals surface area contributed by atoms with Crippen molar-refractivity contribution in [1.82, 2.24) is 0 Å². The van der Waals surface area contributed by atoms with Gasteiger partial charge >= 0.3 is 12.1 Å². The van der Waals surface area contributed by atoms with Gasteiger partial charge in [0.05, 0.1) is 35.3 Å². The highest BCUT2D eigenvalue weighted by molar-refractivity contribution is 5.95. The number of benzene rings is 1. The van der Waals surface area contributed by atoms with Crippen molar-refractivity contribution in [3.63, 3.8) is 0 Å². The molecule has 150 valence electrons. The number of amides is 1. The van der Waals surface area contributed by atoms with Crippen molar-refractivity contribution in [2.24, 2.45) is 11.8 Å². The van der Waals surface area contributed by atoms with E-state index in [1.54, 1.807) is 0 Å². The molecule has 1 fully saturated rings. The largest absolute Gasteiger partial charge is 0.481 e. The van der Waals surface area contributed by atoms with Crippen LogP contribution in [0.25, 0.3) is 0 Å². The number of alkyl halides is 3. The van der Waals surface area contributed by atoms with Crippen LogP contribution in [0.5, 0.6) is 0 Å². The van der Waals surface area contributed by atoms with Gasteiger partial charge < -0.3 is 15.2 Å². The second kappa shape index (κ2) is 8.24. The number of hydrogen-bond acceptors (Lipinski definition) is 3. The normalized spacial score (nSPS) is 23.3. The maximum Gasteiger partial charge on any atom is 0.416 e. The van der Waals surface area contributed by atoms with Gasteiger partial charge in [-0.3, -0.25) is 9.59 Å². The first-order chi connectivity index (χ1) is 12.5. The van der Waals surface area contributed by atoms with E-state index < -0.39 is 47.0 Å². The standard InChI is InChI=1S/C18H21F4NO4/c1-9(2)27-11-4-5-12(17(25)26)13(8-11)16(24)23-15-6-3-10(7-14(15)19)18(20,21)22/h3,6-7,9,11-13H,4-5,8H2,1-2H3,(H,23,24)(H,25,26). The molecule has 2 rings (SSSR count). The molecule has 27 heavy (non-hydrogen) atoms. The summed E-state index contributed by atoms with van der Waals surface area (Å²) in [6.07, 6.45) is -4.28. The van der Waals surface area contributed by atoms with Crippen LogP contribution in [0.3, 0.4) is 0 Å². The van der Waals surface area contributed by atoms with Gasteiger partial charge in [-0.2, -0.15) is 13.2 Å². The van der Waals surface area contributed by atoms with Crippen LogP contribution in [0.15, 0.2) is 18.2 Å². The summed E-state index contributed by atoms with van der Waals surface area (Å²) in [4.78, 5) is 24.0. The maximum absolute atomic E-state index is 14.0. The van der Waals surface area contributed by atoms with Crippen LogP contribution in [0.1, 0.15) is 38.7 Å². The van der Waals surface area contributed by atoms with Crippen molar-refractivity contribution in [1.29, 1.82) is 0 Å². The van der Waals surface area contributed by atoms with Crippen molar-refractivity contribution in [2.45, 2.75) is 51.5 Å². The Labute approximate surface area is 153 Å². The number of rotatable bonds is 5. The molecule has 0 spiro atoms. The zero-order valence-electron chi connectivity index (χ0n) is 14.8. The van der Waals surface area contributed by atoms with Gasteiger partial charge in [0.1, 0.15) is 5.82 Å². The van der Waals surface area contributed by atoms with Crippen LogP contribution >= 0.6 is 0 Å². The third-order valence-electron chi connectivity index (χ3n) is 4.48. The molecule has 1 saturated carbocycles. The minimum absolute atomic E-state index is 0.104. The first-order valence-electron chi connectivity index (χ1n) is 8.55. The average Bonchev–Trinajstić information content (AvgIpc) is 2.54. The van der Waals surface area contributed by atoms with E-state index in [1.165, 1.54) is 0 Å². The maximum atomic E-state index is 14.0. The van der Waals surface area contributed by atoms with Crippen molar-refractivity contribution < 1.29 is 37.0 Å². The lowest BCUT2D eigenvalue weighted by Crippen LogP contribution is -2.41. The lowest BCUT2D eigenvalue weighted by atomic mass is 9.77. The Kier molecular flexibility index (Phi) is 6.46. The Morgan fingerprint density at radius 1 is 1.22 bits per heavy atom. The van der Waals surface area contributed by atoms with Crippen LogP contribution < -0.4 is 5.32 Å². The third-order valence-corrected chi connectivity index (χ3v) is 4.48. The Morgan fingerprint density at radius 3 is 2.41 bits per heavy atom. The Morgan fingerprint density at radius 2 is 1.89 bits per heavy atom. The number of hydrogen-bond donors (Lipinski definition) is 2. The van der Waals surface area contributed by atoms with Gasteiger partial charge in [-0.15, -0.1) is 0 Å². The van der Waals surface area contributed by atoms with Gasteiger partial charge in [0.2, 0.25) is 5.91 Å². The molecule has 3 unspecified atom stereocenters. The number of aliphatic carboxylic acids is 1. The average molecular weight is 391 g/mol. The van der Waals surface area contributed by atoms with E-state index in [2.05, 4.69) is 5.32 Å². The number of carbonyl (C=O) groups is 2. The highest BCUT2D eigenvalue weighted by Crippen LogP contribution is 2.35. The summed E-state index contributed by atoms with van der Waals surface area (Å²) in [6.45, 7) is 3.63. The minimum Gasteiger partial charge on any atom is -0.481 e. The first kappa shape index (κ1) is 21.1. The number of anilines is 1. The number of halogens is 4. The number of carboxylic acids is 1. The SMILES string of the molecule is CC(C)OC1CCC(C(=O)O)C(C(=O)Nc2ccc(C(F)(F)F)cc2F)C1. The number of nitrogens with one attached hydrogen (secondary N) is 1. The molecule has 1 aromatic rings. The predicted octanol–water partition coefficient (Wildman–Crippen LogP) is 4.08. The van der Waals surface area contributed by atoms with E-state index in [0.717, 1.165) is 6.07 Å². The Hall–Kier alpha value is -2.16. The van der Waals surface area contributed by atoms with Gasteiger partial charge in [-0.1, -0.05) is 0 Å². The molecule has 0 aromatic heterocycles. The monoisotopic (exact) mass is 391 g/mol. The fourth-order valence-corrected chi connectivity index (χ4v) is 3.24. The molecule has 1 aromatic carbocycles. The van der Waals surface area contributed by atoms with E-state index in [1.807, 2.05) is 13.8 Å². The molecule has 1 aliphatic rings. The van der Waals surface area contributed by atoms with Crippen LogP contribution in [-0.4, -0.2) is 29.2 Å². The van der Waals surface area contributed by atoms with Gasteiger partial charge in [-0.25, -0.2) is 4.39 Å². The van der Waals surface area contributed by atoms with Gasteiger partial charge in [0, 0.05) is 0 Å². The summed E-state index contributed by atoms with van der Waals surface area (Å²) < 4.78 is 57.4. The predicted molar refractivity (Wildman–Crippen MR) is 88.5 cm³/mol. The van der Waals surface area contributed by atoms with Crippen LogP contribution in [0.2, 0.25) is 0 Å². The lowest BCUT2D eigenvalue weighted by Gasteiger charge is -2.33. The summed E-state index contributed by atoms with van der Waals surface area (Å²) in [5.74, 6) is -5.07. The molecular weight excluding hydrogens is 370 g/mol. The molecule has 0 saturated heterocycles. The van der Waals surface area contributed by atoms with Crippen LogP contribution in [0.4, 0.5) is 23.2 Å². The highest BCUT2D eigenvalue weighted by atomic mass is 19.4. The summed E-state index contributed by atoms with van der Waals surface area (Å²) in [7, 11) is 0. The highest BCUT2D eigenvalue weighted by Gasteiger charge is 2.40. The molecule has 5 nitrogen and oxygen atoms in total. The summed E-state index contributed by atoms with van der Waals surface area (Å²) in [6, 6.07) is 1.76. The molecule has 1 aliphatic carbocycles. The summed E-state index contributed by atoms with van der Waals surface area (Å²) in [5.41, 5.74) is -1.60. The number of ether oxygens (including phenoxy) is 1. The first-order valence-corrected chi connectivity index (χ1v) is 8.55.